The summed E-state index contributed by atoms with van der Waals surface area (Å²) in [5, 5.41) is 2.85. The Kier molecular flexibility index (Phi) is 2.60. The van der Waals surface area contributed by atoms with Crippen molar-refractivity contribution in [3.63, 3.8) is 0 Å². The Hall–Kier alpha value is -2.56. The number of fused-ring (bicyclic) bond motifs is 2. The van der Waals surface area contributed by atoms with Crippen LogP contribution in [0.4, 0.5) is 10.1 Å². The number of nitrogens with one attached hydrogen (secondary N) is 1. The Morgan fingerprint density at radius 3 is 2.57 bits per heavy atom. The maximum atomic E-state index is 13.1. The van der Waals surface area contributed by atoms with Crippen LogP contribution in [0.1, 0.15) is 23.5 Å². The normalized spacial score (nSPS) is 19.1. The van der Waals surface area contributed by atoms with Gasteiger partial charge in [0, 0.05) is 24.1 Å². The lowest BCUT2D eigenvalue weighted by atomic mass is 9.84. The third kappa shape index (κ3) is 2.01. The maximum absolute atomic E-state index is 13.1. The second-order valence-corrected chi connectivity index (χ2v) is 5.15. The van der Waals surface area contributed by atoms with E-state index in [-0.39, 0.29) is 24.4 Å². The van der Waals surface area contributed by atoms with Gasteiger partial charge in [0.1, 0.15) is 5.82 Å². The number of halogens is 1. The molecule has 2 aromatic rings. The van der Waals surface area contributed by atoms with Crippen LogP contribution in [0.2, 0.25) is 0 Å². The molecule has 1 N–H and O–H groups in total. The first-order valence-electron chi connectivity index (χ1n) is 6.69. The van der Waals surface area contributed by atoms with Gasteiger partial charge in [-0.15, -0.1) is 0 Å². The van der Waals surface area contributed by atoms with Gasteiger partial charge in [-0.05, 0) is 29.3 Å². The Balaban J connectivity index is 1.83. The molecule has 1 unspecified atom stereocenters. The molecule has 0 saturated carbocycles. The first-order chi connectivity index (χ1) is 10.2. The lowest BCUT2D eigenvalue weighted by Gasteiger charge is -2.26. The summed E-state index contributed by atoms with van der Waals surface area (Å²) in [5.41, 5.74) is 2.60. The van der Waals surface area contributed by atoms with Gasteiger partial charge >= 0.3 is 0 Å². The molecule has 2 aromatic carbocycles. The molecule has 0 fully saturated rings. The topological polar surface area (TPSA) is 47.6 Å². The van der Waals surface area contributed by atoms with Crippen LogP contribution in [0.25, 0.3) is 0 Å². The SMILES string of the molecule is O=C1CC(c2ccc(F)cc2)c2cc3c(cc2N1)OCO3. The van der Waals surface area contributed by atoms with Crippen LogP contribution in [0.5, 0.6) is 11.5 Å². The van der Waals surface area contributed by atoms with E-state index < -0.39 is 0 Å². The van der Waals surface area contributed by atoms with Crippen molar-refractivity contribution in [1.29, 1.82) is 0 Å². The molecule has 0 aliphatic carbocycles. The number of hydrogen-bond donors (Lipinski definition) is 1. The molecular weight excluding hydrogens is 273 g/mol. The van der Waals surface area contributed by atoms with Crippen molar-refractivity contribution < 1.29 is 18.7 Å². The number of ether oxygens (including phenoxy) is 2. The zero-order valence-electron chi connectivity index (χ0n) is 11.1. The van der Waals surface area contributed by atoms with E-state index in [1.807, 2.05) is 6.07 Å². The molecule has 0 bridgehead atoms. The summed E-state index contributed by atoms with van der Waals surface area (Å²) in [6.45, 7) is 0.188. The Bertz CT molecular complexity index is 727. The van der Waals surface area contributed by atoms with E-state index in [4.69, 9.17) is 9.47 Å². The molecule has 4 rings (SSSR count). The van der Waals surface area contributed by atoms with Gasteiger partial charge in [-0.3, -0.25) is 4.79 Å². The molecule has 21 heavy (non-hydrogen) atoms. The average molecular weight is 285 g/mol. The van der Waals surface area contributed by atoms with Gasteiger partial charge in [0.25, 0.3) is 0 Å². The third-order valence-electron chi connectivity index (χ3n) is 3.86. The predicted octanol–water partition coefficient (Wildman–Crippen LogP) is 3.03. The van der Waals surface area contributed by atoms with Crippen LogP contribution >= 0.6 is 0 Å². The van der Waals surface area contributed by atoms with Gasteiger partial charge in [-0.1, -0.05) is 12.1 Å². The highest BCUT2D eigenvalue weighted by Crippen LogP contribution is 2.44. The van der Waals surface area contributed by atoms with Gasteiger partial charge in [-0.25, -0.2) is 4.39 Å². The fourth-order valence-electron chi connectivity index (χ4n) is 2.84. The number of carbonyl (C=O) groups excluding carboxylic acids is 1. The number of rotatable bonds is 1. The van der Waals surface area contributed by atoms with Gasteiger partial charge < -0.3 is 14.8 Å². The minimum absolute atomic E-state index is 0.0595. The lowest BCUT2D eigenvalue weighted by molar-refractivity contribution is -0.116. The second kappa shape index (κ2) is 4.48. The smallest absolute Gasteiger partial charge is 0.231 e. The molecule has 5 heteroatoms. The van der Waals surface area contributed by atoms with Crippen molar-refractivity contribution in [1.82, 2.24) is 0 Å². The number of benzene rings is 2. The average Bonchev–Trinajstić information content (AvgIpc) is 2.92. The summed E-state index contributed by atoms with van der Waals surface area (Å²) in [4.78, 5) is 11.9. The van der Waals surface area contributed by atoms with Crippen LogP contribution in [0.3, 0.4) is 0 Å². The van der Waals surface area contributed by atoms with Gasteiger partial charge in [0.05, 0.1) is 0 Å². The second-order valence-electron chi connectivity index (χ2n) is 5.15. The summed E-state index contributed by atoms with van der Waals surface area (Å²) < 4.78 is 23.8. The largest absolute Gasteiger partial charge is 0.454 e. The molecule has 0 saturated heterocycles. The van der Waals surface area contributed by atoms with E-state index in [9.17, 15) is 9.18 Å². The number of amides is 1. The molecule has 0 aromatic heterocycles. The molecule has 4 nitrogen and oxygen atoms in total. The minimum Gasteiger partial charge on any atom is -0.454 e. The van der Waals surface area contributed by atoms with Crippen molar-refractivity contribution in [3.05, 3.63) is 53.3 Å². The van der Waals surface area contributed by atoms with Crippen molar-refractivity contribution in [2.24, 2.45) is 0 Å². The van der Waals surface area contributed by atoms with Crippen LogP contribution in [0.15, 0.2) is 36.4 Å². The van der Waals surface area contributed by atoms with Crippen LogP contribution in [-0.2, 0) is 4.79 Å². The third-order valence-corrected chi connectivity index (χ3v) is 3.86. The summed E-state index contributed by atoms with van der Waals surface area (Å²) >= 11 is 0. The highest BCUT2D eigenvalue weighted by atomic mass is 19.1. The highest BCUT2D eigenvalue weighted by Gasteiger charge is 2.29. The van der Waals surface area contributed by atoms with E-state index >= 15 is 0 Å². The van der Waals surface area contributed by atoms with Gasteiger partial charge in [-0.2, -0.15) is 0 Å². The summed E-state index contributed by atoms with van der Waals surface area (Å²) in [6, 6.07) is 9.93. The Labute approximate surface area is 120 Å². The molecule has 1 amide bonds. The lowest BCUT2D eigenvalue weighted by Crippen LogP contribution is -2.23. The molecule has 0 radical (unpaired) electrons. The fraction of sp³-hybridized carbons (Fsp3) is 0.188. The van der Waals surface area contributed by atoms with E-state index in [2.05, 4.69) is 5.32 Å². The fourth-order valence-corrected chi connectivity index (χ4v) is 2.84. The van der Waals surface area contributed by atoms with E-state index in [0.717, 1.165) is 16.8 Å². The van der Waals surface area contributed by atoms with Crippen LogP contribution < -0.4 is 14.8 Å². The monoisotopic (exact) mass is 285 g/mol. The molecular formula is C16H12FNO3. The van der Waals surface area contributed by atoms with Gasteiger partial charge in [0.15, 0.2) is 11.5 Å². The van der Waals surface area contributed by atoms with Gasteiger partial charge in [0.2, 0.25) is 12.7 Å². The van der Waals surface area contributed by atoms with Crippen molar-refractivity contribution in [2.45, 2.75) is 12.3 Å². The Morgan fingerprint density at radius 2 is 1.81 bits per heavy atom. The van der Waals surface area contributed by atoms with Crippen molar-refractivity contribution in [3.8, 4) is 11.5 Å². The van der Waals surface area contributed by atoms with Crippen molar-refractivity contribution in [2.75, 3.05) is 12.1 Å². The zero-order valence-corrected chi connectivity index (χ0v) is 11.1. The van der Waals surface area contributed by atoms with E-state index in [0.29, 0.717) is 17.9 Å². The summed E-state index contributed by atoms with van der Waals surface area (Å²) in [7, 11) is 0. The van der Waals surface area contributed by atoms with Crippen molar-refractivity contribution >= 4 is 11.6 Å². The van der Waals surface area contributed by atoms with E-state index in [1.54, 1.807) is 18.2 Å². The minimum atomic E-state index is -0.287. The Morgan fingerprint density at radius 1 is 1.10 bits per heavy atom. The summed E-state index contributed by atoms with van der Waals surface area (Å²) in [5.74, 6) is 0.857. The maximum Gasteiger partial charge on any atom is 0.231 e. The first kappa shape index (κ1) is 12.2. The molecule has 106 valence electrons. The molecule has 2 heterocycles. The molecule has 2 aliphatic heterocycles. The van der Waals surface area contributed by atoms with Crippen LogP contribution in [0, 0.1) is 5.82 Å². The standard InChI is InChI=1S/C16H12FNO3/c17-10-3-1-9(2-4-10)11-6-16(19)18-13-7-15-14(5-12(11)13)20-8-21-15/h1-5,7,11H,6,8H2,(H,18,19). The highest BCUT2D eigenvalue weighted by molar-refractivity contribution is 5.96. The zero-order chi connectivity index (χ0) is 14.4. The molecule has 2 aliphatic rings. The van der Waals surface area contributed by atoms with E-state index in [1.165, 1.54) is 12.1 Å². The number of anilines is 1. The number of carbonyl (C=O) groups is 1. The summed E-state index contributed by atoms with van der Waals surface area (Å²) in [6.07, 6.45) is 0.332. The molecule has 0 spiro atoms. The quantitative estimate of drug-likeness (QED) is 0.876. The van der Waals surface area contributed by atoms with Crippen LogP contribution in [-0.4, -0.2) is 12.7 Å². The predicted molar refractivity (Wildman–Crippen MR) is 74.1 cm³/mol. The molecule has 1 atom stereocenters. The first-order valence-corrected chi connectivity index (χ1v) is 6.69. The number of hydrogen-bond acceptors (Lipinski definition) is 3.